The minimum Gasteiger partial charge on any atom is -0.381 e. The molecule has 0 aliphatic heterocycles. The minimum absolute atomic E-state index is 0. The van der Waals surface area contributed by atoms with Crippen LogP contribution in [0.3, 0.4) is 0 Å². The molecule has 0 radical (unpaired) electrons. The molecule has 0 aromatic carbocycles. The minimum atomic E-state index is 0. The normalized spacial score (nSPS) is 10.6. The van der Waals surface area contributed by atoms with Gasteiger partial charge in [-0.3, -0.25) is 4.79 Å². The molecule has 3 heteroatoms. The highest BCUT2D eigenvalue weighted by molar-refractivity contribution is 5.77. The number of carbonyl (C=O) groups excluding carboxylic acids is 1. The molecular weight excluding hydrogens is 238 g/mol. The van der Waals surface area contributed by atoms with Gasteiger partial charge in [0.15, 0.2) is 0 Å². The van der Waals surface area contributed by atoms with Crippen molar-refractivity contribution in [2.75, 3.05) is 19.8 Å². The van der Waals surface area contributed by atoms with Crippen LogP contribution in [0.5, 0.6) is 0 Å². The van der Waals surface area contributed by atoms with Crippen molar-refractivity contribution in [1.29, 1.82) is 0 Å². The van der Waals surface area contributed by atoms with Crippen LogP contribution in [0.25, 0.3) is 0 Å². The van der Waals surface area contributed by atoms with Crippen LogP contribution in [0.15, 0.2) is 0 Å². The Morgan fingerprint density at radius 2 is 1.58 bits per heavy atom. The average Bonchev–Trinajstić information content (AvgIpc) is 2.30. The highest BCUT2D eigenvalue weighted by atomic mass is 16.5. The lowest BCUT2D eigenvalue weighted by Gasteiger charge is -2.08. The zero-order valence-electron chi connectivity index (χ0n) is 12.6. The molecule has 0 fully saturated rings. The molecular formula is C16H35NO2. The van der Waals surface area contributed by atoms with Crippen molar-refractivity contribution in [2.45, 2.75) is 67.2 Å². The fourth-order valence-electron chi connectivity index (χ4n) is 1.60. The van der Waals surface area contributed by atoms with Gasteiger partial charge in [0, 0.05) is 25.7 Å². The van der Waals surface area contributed by atoms with E-state index in [0.717, 1.165) is 38.5 Å². The maximum absolute atomic E-state index is 11.3. The molecule has 0 rings (SSSR count). The van der Waals surface area contributed by atoms with E-state index >= 15 is 0 Å². The van der Waals surface area contributed by atoms with Gasteiger partial charge in [0.1, 0.15) is 0 Å². The van der Waals surface area contributed by atoms with E-state index in [2.05, 4.69) is 19.2 Å². The Balaban J connectivity index is 0. The van der Waals surface area contributed by atoms with Gasteiger partial charge in [0.2, 0.25) is 5.91 Å². The summed E-state index contributed by atoms with van der Waals surface area (Å²) >= 11 is 0. The Kier molecular flexibility index (Phi) is 15.1. The number of hydrogen-bond acceptors (Lipinski definition) is 2. The van der Waals surface area contributed by atoms with E-state index in [9.17, 15) is 4.79 Å². The Hall–Kier alpha value is -0.570. The van der Waals surface area contributed by atoms with E-state index in [0.29, 0.717) is 0 Å². The van der Waals surface area contributed by atoms with Gasteiger partial charge < -0.3 is 10.1 Å². The van der Waals surface area contributed by atoms with E-state index < -0.39 is 0 Å². The molecule has 0 aromatic rings. The second-order valence-corrected chi connectivity index (χ2v) is 5.65. The van der Waals surface area contributed by atoms with Gasteiger partial charge in [-0.25, -0.2) is 0 Å². The van der Waals surface area contributed by atoms with Crippen molar-refractivity contribution in [2.24, 2.45) is 11.8 Å². The third-order valence-electron chi connectivity index (χ3n) is 2.86. The molecule has 1 N–H and O–H groups in total. The SMILES string of the molecule is C.CC(C)CCCCOCCCCNC(=O)C(C)C. The molecule has 19 heavy (non-hydrogen) atoms. The molecule has 0 heterocycles. The molecule has 0 aliphatic carbocycles. The zero-order chi connectivity index (χ0) is 13.8. The van der Waals surface area contributed by atoms with Crippen LogP contribution in [0, 0.1) is 11.8 Å². The lowest BCUT2D eigenvalue weighted by atomic mass is 10.1. The largest absolute Gasteiger partial charge is 0.381 e. The summed E-state index contributed by atoms with van der Waals surface area (Å²) in [5, 5.41) is 2.91. The van der Waals surface area contributed by atoms with Crippen LogP contribution < -0.4 is 5.32 Å². The first-order chi connectivity index (χ1) is 8.54. The van der Waals surface area contributed by atoms with E-state index in [-0.39, 0.29) is 19.3 Å². The predicted molar refractivity (Wildman–Crippen MR) is 83.3 cm³/mol. The monoisotopic (exact) mass is 273 g/mol. The van der Waals surface area contributed by atoms with E-state index in [1.165, 1.54) is 19.3 Å². The Labute approximate surface area is 120 Å². The van der Waals surface area contributed by atoms with Gasteiger partial charge in [0.25, 0.3) is 0 Å². The van der Waals surface area contributed by atoms with Gasteiger partial charge in [-0.15, -0.1) is 0 Å². The summed E-state index contributed by atoms with van der Waals surface area (Å²) in [7, 11) is 0. The maximum atomic E-state index is 11.3. The van der Waals surface area contributed by atoms with Gasteiger partial charge in [-0.1, -0.05) is 48.0 Å². The van der Waals surface area contributed by atoms with Crippen LogP contribution in [0.2, 0.25) is 0 Å². The average molecular weight is 273 g/mol. The number of amides is 1. The first-order valence-corrected chi connectivity index (χ1v) is 7.39. The Morgan fingerprint density at radius 3 is 2.11 bits per heavy atom. The number of rotatable bonds is 11. The topological polar surface area (TPSA) is 38.3 Å². The standard InChI is InChI=1S/C15H31NO2.CH4/c1-13(2)9-5-7-11-18-12-8-6-10-16-15(17)14(3)4;/h13-14H,5-12H2,1-4H3,(H,16,17);1H4. The first-order valence-electron chi connectivity index (χ1n) is 7.39. The molecule has 1 amide bonds. The molecule has 0 saturated carbocycles. The number of hydrogen-bond donors (Lipinski definition) is 1. The van der Waals surface area contributed by atoms with Crippen molar-refractivity contribution < 1.29 is 9.53 Å². The molecule has 0 saturated heterocycles. The molecule has 0 unspecified atom stereocenters. The van der Waals surface area contributed by atoms with Gasteiger partial charge >= 0.3 is 0 Å². The van der Waals surface area contributed by atoms with Gasteiger partial charge in [0.05, 0.1) is 0 Å². The smallest absolute Gasteiger partial charge is 0.222 e. The van der Waals surface area contributed by atoms with Crippen LogP contribution in [0.4, 0.5) is 0 Å². The van der Waals surface area contributed by atoms with Crippen molar-refractivity contribution in [1.82, 2.24) is 5.32 Å². The Morgan fingerprint density at radius 1 is 1.00 bits per heavy atom. The van der Waals surface area contributed by atoms with E-state index in [1.54, 1.807) is 0 Å². The molecule has 0 bridgehead atoms. The fourth-order valence-corrected chi connectivity index (χ4v) is 1.60. The summed E-state index contributed by atoms with van der Waals surface area (Å²) in [4.78, 5) is 11.3. The van der Waals surface area contributed by atoms with Crippen LogP contribution in [0.1, 0.15) is 67.2 Å². The molecule has 0 aliphatic rings. The lowest BCUT2D eigenvalue weighted by molar-refractivity contribution is -0.123. The number of nitrogens with one attached hydrogen (secondary N) is 1. The number of unbranched alkanes of at least 4 members (excludes halogenated alkanes) is 2. The molecule has 3 nitrogen and oxygen atoms in total. The van der Waals surface area contributed by atoms with Crippen molar-refractivity contribution in [3.8, 4) is 0 Å². The summed E-state index contributed by atoms with van der Waals surface area (Å²) < 4.78 is 5.56. The first kappa shape index (κ1) is 20.7. The third kappa shape index (κ3) is 15.4. The Bertz CT molecular complexity index is 203. The van der Waals surface area contributed by atoms with Crippen LogP contribution >= 0.6 is 0 Å². The second-order valence-electron chi connectivity index (χ2n) is 5.65. The van der Waals surface area contributed by atoms with Crippen LogP contribution in [-0.4, -0.2) is 25.7 Å². The second kappa shape index (κ2) is 13.9. The number of ether oxygens (including phenoxy) is 1. The molecule has 0 aromatic heterocycles. The van der Waals surface area contributed by atoms with Gasteiger partial charge in [-0.2, -0.15) is 0 Å². The number of carbonyl (C=O) groups is 1. The van der Waals surface area contributed by atoms with Crippen molar-refractivity contribution in [3.05, 3.63) is 0 Å². The van der Waals surface area contributed by atoms with Crippen molar-refractivity contribution >= 4 is 5.91 Å². The van der Waals surface area contributed by atoms with Gasteiger partial charge in [-0.05, 0) is 25.2 Å². The molecule has 0 atom stereocenters. The fraction of sp³-hybridized carbons (Fsp3) is 0.938. The summed E-state index contributed by atoms with van der Waals surface area (Å²) in [6.45, 7) is 10.8. The summed E-state index contributed by atoms with van der Waals surface area (Å²) in [6, 6.07) is 0. The third-order valence-corrected chi connectivity index (χ3v) is 2.86. The lowest BCUT2D eigenvalue weighted by Crippen LogP contribution is -2.28. The highest BCUT2D eigenvalue weighted by Crippen LogP contribution is 2.06. The quantitative estimate of drug-likeness (QED) is 0.577. The molecule has 0 spiro atoms. The summed E-state index contributed by atoms with van der Waals surface area (Å²) in [6.07, 6.45) is 5.77. The summed E-state index contributed by atoms with van der Waals surface area (Å²) in [5.41, 5.74) is 0. The predicted octanol–water partition coefficient (Wildman–Crippen LogP) is 4.02. The van der Waals surface area contributed by atoms with Crippen LogP contribution in [-0.2, 0) is 9.53 Å². The maximum Gasteiger partial charge on any atom is 0.222 e. The highest BCUT2D eigenvalue weighted by Gasteiger charge is 2.04. The summed E-state index contributed by atoms with van der Waals surface area (Å²) in [5.74, 6) is 1.03. The van der Waals surface area contributed by atoms with E-state index in [1.807, 2.05) is 13.8 Å². The molecule has 116 valence electrons. The zero-order valence-corrected chi connectivity index (χ0v) is 12.6. The van der Waals surface area contributed by atoms with E-state index in [4.69, 9.17) is 4.74 Å². The van der Waals surface area contributed by atoms with Crippen molar-refractivity contribution in [3.63, 3.8) is 0 Å².